The molecule has 2 aliphatic rings. The number of oxime groups is 1. The first-order valence-corrected chi connectivity index (χ1v) is 6.84. The smallest absolute Gasteiger partial charge is 0.0617 e. The summed E-state index contributed by atoms with van der Waals surface area (Å²) in [5.74, 6) is 1.20. The van der Waals surface area contributed by atoms with E-state index in [1.165, 1.54) is 18.4 Å². The van der Waals surface area contributed by atoms with Gasteiger partial charge >= 0.3 is 0 Å². The second-order valence-electron chi connectivity index (χ2n) is 5.53. The van der Waals surface area contributed by atoms with Crippen LogP contribution in [-0.4, -0.2) is 28.9 Å². The number of likely N-dealkylation sites (tertiary alicyclic amines) is 1. The van der Waals surface area contributed by atoms with Crippen molar-refractivity contribution in [1.29, 1.82) is 0 Å². The minimum atomic E-state index is 0.493. The van der Waals surface area contributed by atoms with Crippen molar-refractivity contribution in [1.82, 2.24) is 4.90 Å². The van der Waals surface area contributed by atoms with E-state index in [2.05, 4.69) is 40.4 Å². The first kappa shape index (κ1) is 11.7. The molecule has 1 aliphatic heterocycles. The Morgan fingerprint density at radius 3 is 2.83 bits per heavy atom. The monoisotopic (exact) mass is 244 g/mol. The Bertz CT molecular complexity index is 429. The molecule has 0 spiro atoms. The maximum Gasteiger partial charge on any atom is 0.0617 e. The van der Waals surface area contributed by atoms with Crippen LogP contribution in [0.3, 0.4) is 0 Å². The third-order valence-electron chi connectivity index (χ3n) is 4.33. The second kappa shape index (κ2) is 5.11. The van der Waals surface area contributed by atoms with E-state index in [-0.39, 0.29) is 0 Å². The van der Waals surface area contributed by atoms with E-state index in [1.807, 2.05) is 0 Å². The molecule has 1 saturated heterocycles. The van der Waals surface area contributed by atoms with Crippen molar-refractivity contribution in [3.8, 4) is 0 Å². The topological polar surface area (TPSA) is 35.8 Å². The summed E-state index contributed by atoms with van der Waals surface area (Å²) in [6, 6.07) is 10.6. The van der Waals surface area contributed by atoms with Crippen molar-refractivity contribution in [3.63, 3.8) is 0 Å². The molecule has 0 unspecified atom stereocenters. The molecule has 0 radical (unpaired) electrons. The maximum atomic E-state index is 9.08. The number of nitrogens with zero attached hydrogens (tertiary/aromatic N) is 2. The Morgan fingerprint density at radius 2 is 2.06 bits per heavy atom. The Balaban J connectivity index is 1.67. The lowest BCUT2D eigenvalue weighted by Gasteiger charge is -2.24. The molecule has 3 heteroatoms. The predicted octanol–water partition coefficient (Wildman–Crippen LogP) is 2.75. The van der Waals surface area contributed by atoms with Gasteiger partial charge in [0.15, 0.2) is 0 Å². The number of benzene rings is 1. The molecule has 1 aromatic rings. The first-order valence-electron chi connectivity index (χ1n) is 6.84. The molecule has 0 amide bonds. The highest BCUT2D eigenvalue weighted by Gasteiger charge is 2.38. The summed E-state index contributed by atoms with van der Waals surface area (Å²) >= 11 is 0. The molecule has 3 rings (SSSR count). The van der Waals surface area contributed by atoms with E-state index >= 15 is 0 Å². The summed E-state index contributed by atoms with van der Waals surface area (Å²) in [5.41, 5.74) is 2.40. The van der Waals surface area contributed by atoms with Gasteiger partial charge in [-0.2, -0.15) is 0 Å². The predicted molar refractivity (Wildman–Crippen MR) is 71.8 cm³/mol. The number of fused-ring (bicyclic) bond motifs is 1. The Labute approximate surface area is 108 Å². The third kappa shape index (κ3) is 2.27. The van der Waals surface area contributed by atoms with Gasteiger partial charge in [0.05, 0.1) is 5.71 Å². The van der Waals surface area contributed by atoms with E-state index < -0.39 is 0 Å². The van der Waals surface area contributed by atoms with Gasteiger partial charge in [-0.05, 0) is 30.7 Å². The van der Waals surface area contributed by atoms with Crippen LogP contribution in [0.25, 0.3) is 0 Å². The van der Waals surface area contributed by atoms with E-state index in [4.69, 9.17) is 5.21 Å². The van der Waals surface area contributed by atoms with Gasteiger partial charge in [-0.15, -0.1) is 0 Å². The van der Waals surface area contributed by atoms with Crippen molar-refractivity contribution in [3.05, 3.63) is 35.9 Å². The lowest BCUT2D eigenvalue weighted by atomic mass is 9.80. The Morgan fingerprint density at radius 1 is 1.22 bits per heavy atom. The fourth-order valence-corrected chi connectivity index (χ4v) is 3.46. The summed E-state index contributed by atoms with van der Waals surface area (Å²) in [6.07, 6.45) is 3.45. The number of rotatable bonds is 2. The van der Waals surface area contributed by atoms with Crippen LogP contribution in [0.4, 0.5) is 0 Å². The summed E-state index contributed by atoms with van der Waals surface area (Å²) in [4.78, 5) is 2.50. The van der Waals surface area contributed by atoms with E-state index in [0.717, 1.165) is 31.8 Å². The Hall–Kier alpha value is -1.35. The normalized spacial score (nSPS) is 30.6. The molecule has 1 aromatic carbocycles. The van der Waals surface area contributed by atoms with Crippen LogP contribution in [0.15, 0.2) is 35.5 Å². The van der Waals surface area contributed by atoms with Gasteiger partial charge in [0.1, 0.15) is 0 Å². The zero-order valence-corrected chi connectivity index (χ0v) is 10.6. The van der Waals surface area contributed by atoms with Crippen LogP contribution in [-0.2, 0) is 6.54 Å². The van der Waals surface area contributed by atoms with Crippen molar-refractivity contribution in [2.75, 3.05) is 13.1 Å². The van der Waals surface area contributed by atoms with Crippen LogP contribution in [0.5, 0.6) is 0 Å². The zero-order chi connectivity index (χ0) is 12.4. The fraction of sp³-hybridized carbons (Fsp3) is 0.533. The molecule has 2 atom stereocenters. The number of hydrogen-bond donors (Lipinski definition) is 1. The minimum Gasteiger partial charge on any atom is -0.411 e. The summed E-state index contributed by atoms with van der Waals surface area (Å²) in [7, 11) is 0. The van der Waals surface area contributed by atoms with Gasteiger partial charge in [-0.25, -0.2) is 0 Å². The summed E-state index contributed by atoms with van der Waals surface area (Å²) in [6.45, 7) is 3.23. The molecular weight excluding hydrogens is 224 g/mol. The average Bonchev–Trinajstić information content (AvgIpc) is 2.82. The minimum absolute atomic E-state index is 0.493. The van der Waals surface area contributed by atoms with Crippen LogP contribution in [0.2, 0.25) is 0 Å². The molecule has 1 saturated carbocycles. The van der Waals surface area contributed by atoms with Gasteiger partial charge < -0.3 is 5.21 Å². The highest BCUT2D eigenvalue weighted by molar-refractivity contribution is 5.87. The SMILES string of the molecule is O/N=C1\CCC[C@@H]2CN(Cc3ccccc3)C[C@H]12. The van der Waals surface area contributed by atoms with Crippen molar-refractivity contribution in [2.24, 2.45) is 17.0 Å². The highest BCUT2D eigenvalue weighted by Crippen LogP contribution is 2.35. The molecule has 3 nitrogen and oxygen atoms in total. The lowest BCUT2D eigenvalue weighted by molar-refractivity contribution is 0.304. The second-order valence-corrected chi connectivity index (χ2v) is 5.53. The number of hydrogen-bond acceptors (Lipinski definition) is 3. The lowest BCUT2D eigenvalue weighted by Crippen LogP contribution is -2.27. The van der Waals surface area contributed by atoms with E-state index in [0.29, 0.717) is 11.8 Å². The molecular formula is C15H20N2O. The van der Waals surface area contributed by atoms with E-state index in [1.54, 1.807) is 0 Å². The van der Waals surface area contributed by atoms with Gasteiger partial charge in [-0.3, -0.25) is 4.90 Å². The average molecular weight is 244 g/mol. The van der Waals surface area contributed by atoms with Gasteiger partial charge in [0.2, 0.25) is 0 Å². The molecule has 0 aromatic heterocycles. The molecule has 1 heterocycles. The zero-order valence-electron chi connectivity index (χ0n) is 10.6. The molecule has 96 valence electrons. The fourth-order valence-electron chi connectivity index (χ4n) is 3.46. The van der Waals surface area contributed by atoms with Gasteiger partial charge in [0, 0.05) is 25.6 Å². The highest BCUT2D eigenvalue weighted by atomic mass is 16.4. The van der Waals surface area contributed by atoms with Crippen molar-refractivity contribution >= 4 is 5.71 Å². The van der Waals surface area contributed by atoms with Crippen molar-refractivity contribution in [2.45, 2.75) is 25.8 Å². The summed E-state index contributed by atoms with van der Waals surface area (Å²) < 4.78 is 0. The van der Waals surface area contributed by atoms with Crippen LogP contribution < -0.4 is 0 Å². The van der Waals surface area contributed by atoms with Gasteiger partial charge in [0.25, 0.3) is 0 Å². The Kier molecular flexibility index (Phi) is 3.33. The van der Waals surface area contributed by atoms with Crippen LogP contribution in [0, 0.1) is 11.8 Å². The largest absolute Gasteiger partial charge is 0.411 e. The molecule has 1 aliphatic carbocycles. The summed E-state index contributed by atoms with van der Waals surface area (Å²) in [5, 5.41) is 12.6. The van der Waals surface area contributed by atoms with Crippen LogP contribution >= 0.6 is 0 Å². The molecule has 2 fully saturated rings. The van der Waals surface area contributed by atoms with Crippen LogP contribution in [0.1, 0.15) is 24.8 Å². The van der Waals surface area contributed by atoms with Gasteiger partial charge in [-0.1, -0.05) is 35.5 Å². The third-order valence-corrected chi connectivity index (χ3v) is 4.33. The van der Waals surface area contributed by atoms with Crippen molar-refractivity contribution < 1.29 is 5.21 Å². The standard InChI is InChI=1S/C15H20N2O/c18-16-15-8-4-7-13-10-17(11-14(13)15)9-12-5-2-1-3-6-12/h1-3,5-6,13-14,18H,4,7-11H2/b16-15+/t13-,14+/m1/s1. The molecule has 0 bridgehead atoms. The molecule has 1 N–H and O–H groups in total. The van der Waals surface area contributed by atoms with E-state index in [9.17, 15) is 0 Å². The quantitative estimate of drug-likeness (QED) is 0.641. The molecule has 18 heavy (non-hydrogen) atoms. The first-order chi connectivity index (χ1) is 8.86. The maximum absolute atomic E-state index is 9.08.